The van der Waals surface area contributed by atoms with Gasteiger partial charge in [0, 0.05) is 13.0 Å². The van der Waals surface area contributed by atoms with Gasteiger partial charge in [-0.3, -0.25) is 9.69 Å². The minimum absolute atomic E-state index is 0.0133. The van der Waals surface area contributed by atoms with Crippen LogP contribution in [0.3, 0.4) is 0 Å². The standard InChI is InChI=1S/C27H32N2O3S/c1-5-32-25(31)23-24(21-16-10-7-11-17-21)33-26(28-23)29(22(30)19-27(2,3)4)18-12-15-20-13-8-6-9-14-20/h6-11,13-14,16-17H,5,12,15,18-19H2,1-4H3. The molecule has 1 amide bonds. The number of aryl methyl sites for hydroxylation is 1. The zero-order valence-electron chi connectivity index (χ0n) is 19.8. The third kappa shape index (κ3) is 6.99. The smallest absolute Gasteiger partial charge is 0.358 e. The summed E-state index contributed by atoms with van der Waals surface area (Å²) in [4.78, 5) is 33.1. The summed E-state index contributed by atoms with van der Waals surface area (Å²) in [5, 5.41) is 0.541. The van der Waals surface area contributed by atoms with Crippen molar-refractivity contribution in [1.29, 1.82) is 0 Å². The lowest BCUT2D eigenvalue weighted by Crippen LogP contribution is -2.34. The number of rotatable bonds is 9. The van der Waals surface area contributed by atoms with Gasteiger partial charge >= 0.3 is 5.97 Å². The second kappa shape index (κ2) is 11.2. The molecule has 33 heavy (non-hydrogen) atoms. The Morgan fingerprint density at radius 1 is 1.00 bits per heavy atom. The van der Waals surface area contributed by atoms with Crippen LogP contribution < -0.4 is 4.90 Å². The molecule has 3 aromatic rings. The van der Waals surface area contributed by atoms with Crippen molar-refractivity contribution in [2.75, 3.05) is 18.1 Å². The Bertz CT molecular complexity index is 1060. The number of ether oxygens (including phenoxy) is 1. The maximum Gasteiger partial charge on any atom is 0.358 e. The molecule has 0 spiro atoms. The fourth-order valence-corrected chi connectivity index (χ4v) is 4.61. The Morgan fingerprint density at radius 2 is 1.64 bits per heavy atom. The highest BCUT2D eigenvalue weighted by Gasteiger charge is 2.28. The van der Waals surface area contributed by atoms with Crippen LogP contribution in [0.2, 0.25) is 0 Å². The summed E-state index contributed by atoms with van der Waals surface area (Å²) in [5.74, 6) is -0.453. The number of anilines is 1. The van der Waals surface area contributed by atoms with E-state index in [2.05, 4.69) is 17.1 Å². The SMILES string of the molecule is CCOC(=O)c1nc(N(CCCc2ccccc2)C(=O)CC(C)(C)C)sc1-c1ccccc1. The molecular formula is C27H32N2O3S. The topological polar surface area (TPSA) is 59.5 Å². The van der Waals surface area contributed by atoms with Gasteiger partial charge < -0.3 is 4.74 Å². The second-order valence-electron chi connectivity index (χ2n) is 9.13. The Hall–Kier alpha value is -2.99. The van der Waals surface area contributed by atoms with Crippen LogP contribution >= 0.6 is 11.3 Å². The lowest BCUT2D eigenvalue weighted by Gasteiger charge is -2.25. The lowest BCUT2D eigenvalue weighted by atomic mass is 9.91. The Labute approximate surface area is 200 Å². The first-order valence-corrected chi connectivity index (χ1v) is 12.2. The van der Waals surface area contributed by atoms with E-state index < -0.39 is 5.97 Å². The molecule has 3 rings (SSSR count). The van der Waals surface area contributed by atoms with Crippen molar-refractivity contribution < 1.29 is 14.3 Å². The van der Waals surface area contributed by atoms with Crippen molar-refractivity contribution >= 4 is 28.3 Å². The predicted octanol–water partition coefficient (Wildman–Crippen LogP) is 6.39. The zero-order chi connectivity index (χ0) is 23.8. The fraction of sp³-hybridized carbons (Fsp3) is 0.370. The van der Waals surface area contributed by atoms with Crippen LogP contribution in [0.1, 0.15) is 56.6 Å². The molecule has 0 saturated heterocycles. The minimum Gasteiger partial charge on any atom is -0.461 e. The van der Waals surface area contributed by atoms with E-state index in [0.717, 1.165) is 23.3 Å². The van der Waals surface area contributed by atoms with Gasteiger partial charge in [-0.1, -0.05) is 92.8 Å². The van der Waals surface area contributed by atoms with Gasteiger partial charge in [0.2, 0.25) is 5.91 Å². The molecule has 0 bridgehead atoms. The molecule has 174 valence electrons. The quantitative estimate of drug-likeness (QED) is 0.344. The predicted molar refractivity (Wildman–Crippen MR) is 135 cm³/mol. The van der Waals surface area contributed by atoms with Gasteiger partial charge in [0.15, 0.2) is 10.8 Å². The minimum atomic E-state index is -0.466. The third-order valence-corrected chi connectivity index (χ3v) is 6.15. The Kier molecular flexibility index (Phi) is 8.39. The molecule has 0 aliphatic heterocycles. The normalized spacial score (nSPS) is 11.3. The molecule has 6 heteroatoms. The van der Waals surface area contributed by atoms with E-state index in [1.165, 1.54) is 16.9 Å². The second-order valence-corrected chi connectivity index (χ2v) is 10.1. The highest BCUT2D eigenvalue weighted by atomic mass is 32.1. The molecule has 0 aliphatic rings. The first-order valence-electron chi connectivity index (χ1n) is 11.4. The van der Waals surface area contributed by atoms with E-state index in [1.807, 2.05) is 69.3 Å². The lowest BCUT2D eigenvalue weighted by molar-refractivity contribution is -0.120. The van der Waals surface area contributed by atoms with Crippen LogP contribution in [0, 0.1) is 5.41 Å². The van der Waals surface area contributed by atoms with Gasteiger partial charge in [-0.05, 0) is 36.3 Å². The largest absolute Gasteiger partial charge is 0.461 e. The number of thiazole rings is 1. The van der Waals surface area contributed by atoms with Crippen molar-refractivity contribution in [2.24, 2.45) is 5.41 Å². The number of esters is 1. The van der Waals surface area contributed by atoms with Crippen LogP contribution in [0.25, 0.3) is 10.4 Å². The third-order valence-electron chi connectivity index (χ3n) is 5.02. The van der Waals surface area contributed by atoms with Crippen LogP contribution in [-0.2, 0) is 16.0 Å². The van der Waals surface area contributed by atoms with E-state index in [-0.39, 0.29) is 23.6 Å². The zero-order valence-corrected chi connectivity index (χ0v) is 20.7. The highest BCUT2D eigenvalue weighted by molar-refractivity contribution is 7.19. The summed E-state index contributed by atoms with van der Waals surface area (Å²) in [6.45, 7) is 8.73. The number of benzene rings is 2. The summed E-state index contributed by atoms with van der Waals surface area (Å²) in [5.41, 5.74) is 2.23. The monoisotopic (exact) mass is 464 g/mol. The van der Waals surface area contributed by atoms with Crippen molar-refractivity contribution in [1.82, 2.24) is 4.98 Å². The van der Waals surface area contributed by atoms with Gasteiger partial charge in [0.25, 0.3) is 0 Å². The van der Waals surface area contributed by atoms with Crippen LogP contribution in [0.4, 0.5) is 5.13 Å². The molecule has 0 saturated carbocycles. The maximum absolute atomic E-state index is 13.3. The van der Waals surface area contributed by atoms with E-state index in [0.29, 0.717) is 18.1 Å². The molecular weight excluding hydrogens is 432 g/mol. The van der Waals surface area contributed by atoms with Crippen LogP contribution in [0.15, 0.2) is 60.7 Å². The molecule has 0 N–H and O–H groups in total. The van der Waals surface area contributed by atoms with Gasteiger partial charge in [0.1, 0.15) is 0 Å². The maximum atomic E-state index is 13.3. The van der Waals surface area contributed by atoms with Crippen molar-refractivity contribution in [3.05, 3.63) is 71.9 Å². The molecule has 1 heterocycles. The summed E-state index contributed by atoms with van der Waals surface area (Å²) in [6.07, 6.45) is 2.06. The number of amides is 1. The Morgan fingerprint density at radius 3 is 2.24 bits per heavy atom. The number of carbonyl (C=O) groups excluding carboxylic acids is 2. The van der Waals surface area contributed by atoms with Gasteiger partial charge in [-0.25, -0.2) is 9.78 Å². The van der Waals surface area contributed by atoms with Crippen molar-refractivity contribution in [3.63, 3.8) is 0 Å². The summed E-state index contributed by atoms with van der Waals surface area (Å²) in [6, 6.07) is 19.9. The molecule has 0 unspecified atom stereocenters. The Balaban J connectivity index is 1.93. The van der Waals surface area contributed by atoms with Gasteiger partial charge in [0.05, 0.1) is 11.5 Å². The molecule has 0 atom stereocenters. The fourth-order valence-electron chi connectivity index (χ4n) is 3.51. The average molecular weight is 465 g/mol. The molecule has 5 nitrogen and oxygen atoms in total. The molecule has 0 radical (unpaired) electrons. The van der Waals surface area contributed by atoms with E-state index >= 15 is 0 Å². The van der Waals surface area contributed by atoms with Crippen LogP contribution in [-0.4, -0.2) is 30.0 Å². The molecule has 0 aliphatic carbocycles. The average Bonchev–Trinajstić information content (AvgIpc) is 3.22. The van der Waals surface area contributed by atoms with Gasteiger partial charge in [-0.15, -0.1) is 0 Å². The summed E-state index contributed by atoms with van der Waals surface area (Å²) in [7, 11) is 0. The van der Waals surface area contributed by atoms with E-state index in [1.54, 1.807) is 11.8 Å². The molecule has 1 aromatic heterocycles. The van der Waals surface area contributed by atoms with Crippen molar-refractivity contribution in [3.8, 4) is 10.4 Å². The first kappa shape index (κ1) is 24.6. The number of hydrogen-bond donors (Lipinski definition) is 0. The highest BCUT2D eigenvalue weighted by Crippen LogP contribution is 2.36. The number of aromatic nitrogens is 1. The number of nitrogens with zero attached hydrogens (tertiary/aromatic N) is 2. The van der Waals surface area contributed by atoms with Crippen molar-refractivity contribution in [2.45, 2.75) is 47.0 Å². The summed E-state index contributed by atoms with van der Waals surface area (Å²) < 4.78 is 5.26. The summed E-state index contributed by atoms with van der Waals surface area (Å²) >= 11 is 1.37. The first-order chi connectivity index (χ1) is 15.8. The number of carbonyl (C=O) groups is 2. The molecule has 0 fully saturated rings. The van der Waals surface area contributed by atoms with E-state index in [9.17, 15) is 9.59 Å². The number of hydrogen-bond acceptors (Lipinski definition) is 5. The van der Waals surface area contributed by atoms with E-state index in [4.69, 9.17) is 4.74 Å². The van der Waals surface area contributed by atoms with Crippen LogP contribution in [0.5, 0.6) is 0 Å². The van der Waals surface area contributed by atoms with Gasteiger partial charge in [-0.2, -0.15) is 0 Å². The molecule has 2 aromatic carbocycles.